The number of aliphatic hydroxyl groups excluding tert-OH is 4. The molecule has 4 nitrogen and oxygen atoms in total. The van der Waals surface area contributed by atoms with E-state index >= 15 is 0 Å². The van der Waals surface area contributed by atoms with Gasteiger partial charge in [0.05, 0.1) is 6.61 Å². The van der Waals surface area contributed by atoms with Gasteiger partial charge in [0.1, 0.15) is 12.2 Å². The highest BCUT2D eigenvalue weighted by atomic mass is 16.3. The maximum Gasteiger partial charge on any atom is 0.107 e. The van der Waals surface area contributed by atoms with Crippen molar-refractivity contribution in [3.05, 3.63) is 0 Å². The average Bonchev–Trinajstić information content (AvgIpc) is 2.22. The molecule has 0 aliphatic carbocycles. The van der Waals surface area contributed by atoms with Crippen LogP contribution in [0.4, 0.5) is 0 Å². The minimum atomic E-state index is 0.0214. The summed E-state index contributed by atoms with van der Waals surface area (Å²) in [4.78, 5) is 0. The summed E-state index contributed by atoms with van der Waals surface area (Å²) in [5.41, 5.74) is 0. The summed E-state index contributed by atoms with van der Waals surface area (Å²) in [6, 6.07) is 0. The second-order valence-corrected chi connectivity index (χ2v) is 2.23. The van der Waals surface area contributed by atoms with Crippen molar-refractivity contribution >= 4 is 0 Å². The van der Waals surface area contributed by atoms with Gasteiger partial charge in [-0.25, -0.2) is 0 Å². The van der Waals surface area contributed by atoms with Crippen LogP contribution in [-0.4, -0.2) is 33.6 Å². The van der Waals surface area contributed by atoms with Crippen LogP contribution in [0, 0.1) is 24.1 Å². The summed E-state index contributed by atoms with van der Waals surface area (Å²) in [5.74, 6) is 4.73. The maximum atomic E-state index is 8.25. The summed E-state index contributed by atoms with van der Waals surface area (Å²) in [6.45, 7) is 0.237. The monoisotopic (exact) mass is 200 g/mol. The molecule has 0 bridgehead atoms. The summed E-state index contributed by atoms with van der Waals surface area (Å²) >= 11 is 0. The van der Waals surface area contributed by atoms with E-state index in [1.165, 1.54) is 0 Å². The van der Waals surface area contributed by atoms with Crippen LogP contribution < -0.4 is 0 Å². The molecular weight excluding hydrogens is 184 g/mol. The largest absolute Gasteiger partial charge is 0.462 e. The molecule has 0 aliphatic heterocycles. The lowest BCUT2D eigenvalue weighted by Crippen LogP contribution is -1.80. The molecule has 0 amide bonds. The third-order valence-corrected chi connectivity index (χ3v) is 1.10. The second kappa shape index (κ2) is 17.7. The molecule has 0 rings (SSSR count). The van der Waals surface area contributed by atoms with Gasteiger partial charge in [0, 0.05) is 19.4 Å². The highest BCUT2D eigenvalue weighted by Crippen LogP contribution is 1.90. The van der Waals surface area contributed by atoms with Gasteiger partial charge < -0.3 is 20.4 Å². The van der Waals surface area contributed by atoms with Crippen molar-refractivity contribution in [1.82, 2.24) is 0 Å². The standard InChI is InChI=1S/C6H10O2.C4H6O2/c7-5-3-1-2-4-6-8;5-3-1-2-4-6/h7-8H,1-3,5H2;5-6H,1,3H2. The van der Waals surface area contributed by atoms with E-state index in [0.29, 0.717) is 12.8 Å². The van der Waals surface area contributed by atoms with Crippen molar-refractivity contribution in [3.8, 4) is 24.1 Å². The lowest BCUT2D eigenvalue weighted by atomic mass is 10.2. The minimum Gasteiger partial charge on any atom is -0.462 e. The van der Waals surface area contributed by atoms with E-state index < -0.39 is 0 Å². The van der Waals surface area contributed by atoms with Crippen LogP contribution in [-0.2, 0) is 0 Å². The fourth-order valence-electron chi connectivity index (χ4n) is 0.493. The topological polar surface area (TPSA) is 80.9 Å². The van der Waals surface area contributed by atoms with Gasteiger partial charge in [0.15, 0.2) is 0 Å². The number of aliphatic hydroxyl groups is 4. The molecule has 0 unspecified atom stereocenters. The smallest absolute Gasteiger partial charge is 0.107 e. The number of rotatable bonds is 4. The summed E-state index contributed by atoms with van der Waals surface area (Å²) in [7, 11) is 0. The molecule has 0 aromatic rings. The molecule has 0 atom stereocenters. The second-order valence-electron chi connectivity index (χ2n) is 2.23. The number of hydrogen-bond donors (Lipinski definition) is 4. The van der Waals surface area contributed by atoms with Gasteiger partial charge in [-0.2, -0.15) is 0 Å². The zero-order chi connectivity index (χ0) is 11.1. The Morgan fingerprint density at radius 1 is 0.714 bits per heavy atom. The van der Waals surface area contributed by atoms with Crippen LogP contribution in [0.25, 0.3) is 0 Å². The van der Waals surface area contributed by atoms with Crippen molar-refractivity contribution in [1.29, 1.82) is 0 Å². The van der Waals surface area contributed by atoms with Crippen LogP contribution >= 0.6 is 0 Å². The quantitative estimate of drug-likeness (QED) is 0.385. The first-order valence-electron chi connectivity index (χ1n) is 4.29. The van der Waals surface area contributed by atoms with Crippen LogP contribution in [0.15, 0.2) is 0 Å². The molecule has 0 saturated carbocycles. The van der Waals surface area contributed by atoms with Crippen LogP contribution in [0.1, 0.15) is 25.7 Å². The molecule has 0 spiro atoms. The maximum absolute atomic E-state index is 8.25. The lowest BCUT2D eigenvalue weighted by molar-refractivity contribution is 0.285. The highest BCUT2D eigenvalue weighted by Gasteiger charge is 1.79. The normalized spacial score (nSPS) is 7.00. The van der Waals surface area contributed by atoms with Gasteiger partial charge in [-0.05, 0) is 12.8 Å². The predicted octanol–water partition coefficient (Wildman–Crippen LogP) is 0.185. The van der Waals surface area contributed by atoms with Gasteiger partial charge in [-0.1, -0.05) is 11.8 Å². The Bertz CT molecular complexity index is 204. The summed E-state index contributed by atoms with van der Waals surface area (Å²) < 4.78 is 0. The zero-order valence-corrected chi connectivity index (χ0v) is 8.03. The van der Waals surface area contributed by atoms with Gasteiger partial charge >= 0.3 is 0 Å². The third kappa shape index (κ3) is 22.4. The molecular formula is C10H16O4. The Morgan fingerprint density at radius 2 is 1.29 bits per heavy atom. The average molecular weight is 200 g/mol. The summed E-state index contributed by atoms with van der Waals surface area (Å²) in [6.07, 6.45) is 6.13. The third-order valence-electron chi connectivity index (χ3n) is 1.10. The van der Waals surface area contributed by atoms with Gasteiger partial charge in [-0.15, -0.1) is 0 Å². The SMILES string of the molecule is OC#CCCCCO.OC#CCCO. The molecule has 4 N–H and O–H groups in total. The molecule has 14 heavy (non-hydrogen) atoms. The lowest BCUT2D eigenvalue weighted by Gasteiger charge is -1.86. The van der Waals surface area contributed by atoms with Crippen LogP contribution in [0.3, 0.4) is 0 Å². The van der Waals surface area contributed by atoms with Crippen molar-refractivity contribution in [2.45, 2.75) is 25.7 Å². The molecule has 4 heteroatoms. The van der Waals surface area contributed by atoms with E-state index in [-0.39, 0.29) is 13.2 Å². The molecule has 0 aliphatic rings. The van der Waals surface area contributed by atoms with E-state index in [4.69, 9.17) is 20.4 Å². The Balaban J connectivity index is 0. The van der Waals surface area contributed by atoms with Gasteiger partial charge in [0.25, 0.3) is 0 Å². The van der Waals surface area contributed by atoms with Crippen molar-refractivity contribution in [3.63, 3.8) is 0 Å². The van der Waals surface area contributed by atoms with E-state index in [1.807, 2.05) is 0 Å². The minimum absolute atomic E-state index is 0.0214. The number of unbranched alkanes of at least 4 members (excludes halogenated alkanes) is 2. The van der Waals surface area contributed by atoms with E-state index in [1.54, 1.807) is 12.2 Å². The van der Waals surface area contributed by atoms with E-state index in [9.17, 15) is 0 Å². The molecule has 0 heterocycles. The Kier molecular flexibility index (Phi) is 19.1. The highest BCUT2D eigenvalue weighted by molar-refractivity contribution is 4.89. The molecule has 0 fully saturated rings. The Labute approximate surface area is 84.2 Å². The first kappa shape index (κ1) is 15.1. The van der Waals surface area contributed by atoms with Gasteiger partial charge in [-0.3, -0.25) is 0 Å². The Hall–Kier alpha value is -1.36. The van der Waals surface area contributed by atoms with E-state index in [2.05, 4.69) is 11.8 Å². The molecule has 0 saturated heterocycles. The fraction of sp³-hybridized carbons (Fsp3) is 0.600. The fourth-order valence-corrected chi connectivity index (χ4v) is 0.493. The molecule has 0 radical (unpaired) electrons. The number of hydrogen-bond acceptors (Lipinski definition) is 4. The molecule has 0 aromatic heterocycles. The summed E-state index contributed by atoms with van der Waals surface area (Å²) in [5, 5.41) is 31.9. The Morgan fingerprint density at radius 3 is 1.64 bits per heavy atom. The zero-order valence-electron chi connectivity index (χ0n) is 8.03. The van der Waals surface area contributed by atoms with Gasteiger partial charge in [0.2, 0.25) is 0 Å². The van der Waals surface area contributed by atoms with Crippen molar-refractivity contribution < 1.29 is 20.4 Å². The van der Waals surface area contributed by atoms with E-state index in [0.717, 1.165) is 12.8 Å². The molecule has 0 aromatic carbocycles. The molecule has 80 valence electrons. The van der Waals surface area contributed by atoms with Crippen LogP contribution in [0.2, 0.25) is 0 Å². The predicted molar refractivity (Wildman–Crippen MR) is 52.1 cm³/mol. The van der Waals surface area contributed by atoms with Crippen molar-refractivity contribution in [2.75, 3.05) is 13.2 Å². The van der Waals surface area contributed by atoms with Crippen LogP contribution in [0.5, 0.6) is 0 Å². The first-order valence-corrected chi connectivity index (χ1v) is 4.29. The first-order chi connectivity index (χ1) is 6.83. The van der Waals surface area contributed by atoms with Crippen molar-refractivity contribution in [2.24, 2.45) is 0 Å².